The lowest BCUT2D eigenvalue weighted by molar-refractivity contribution is 0.149. The maximum absolute atomic E-state index is 5.87. The number of nitrogens with zero attached hydrogens (tertiary/aromatic N) is 9. The van der Waals surface area contributed by atoms with E-state index < -0.39 is 0 Å². The highest BCUT2D eigenvalue weighted by Crippen LogP contribution is 2.36. The number of aryl methyl sites for hydroxylation is 3. The number of aliphatic imine (C=N–C) groups is 1. The summed E-state index contributed by atoms with van der Waals surface area (Å²) < 4.78 is 3.99. The average molecular weight is 566 g/mol. The minimum atomic E-state index is 0.541. The van der Waals surface area contributed by atoms with Gasteiger partial charge in [-0.05, 0) is 36.6 Å². The summed E-state index contributed by atoms with van der Waals surface area (Å²) in [6.45, 7) is 6.30. The fourth-order valence-electron chi connectivity index (χ4n) is 5.78. The van der Waals surface area contributed by atoms with E-state index in [-0.39, 0.29) is 0 Å². The number of fused-ring (bicyclic) bond motifs is 3. The molecule has 3 aromatic heterocycles. The normalized spacial score (nSPS) is 16.1. The lowest BCUT2D eigenvalue weighted by Gasteiger charge is -2.32. The standard InChI is InChI=1S/C31H39N11/c1-33-20-25(19-32)23-6-4-5-22(17-23)18-27-29-26(37-40(27)3)8-7-24-21-34-31(36-30(24)29)35-28-9-10-42(38-28)16-15-41-13-11-39(2)12-14-41/h4-6,9-10,17,19-21H,7-8,11-16,18,32H2,1-3H3,(H,34,35,36,38)/b25-19+,33-20?. The van der Waals surface area contributed by atoms with E-state index in [0.29, 0.717) is 5.95 Å². The highest BCUT2D eigenvalue weighted by molar-refractivity contribution is 6.09. The summed E-state index contributed by atoms with van der Waals surface area (Å²) >= 11 is 0. The average Bonchev–Trinajstić information content (AvgIpc) is 3.59. The first-order valence-electron chi connectivity index (χ1n) is 14.6. The van der Waals surface area contributed by atoms with Crippen molar-refractivity contribution in [3.05, 3.63) is 77.0 Å². The van der Waals surface area contributed by atoms with Gasteiger partial charge in [0.1, 0.15) is 0 Å². The molecule has 0 amide bonds. The topological polar surface area (TPSA) is 118 Å². The number of aromatic nitrogens is 6. The lowest BCUT2D eigenvalue weighted by atomic mass is 9.91. The summed E-state index contributed by atoms with van der Waals surface area (Å²) in [5.74, 6) is 1.28. The number of hydrogen-bond donors (Lipinski definition) is 2. The van der Waals surface area contributed by atoms with Gasteiger partial charge in [0, 0.05) is 95.3 Å². The molecule has 1 fully saturated rings. The van der Waals surface area contributed by atoms with Crippen LogP contribution in [-0.4, -0.2) is 92.4 Å². The van der Waals surface area contributed by atoms with Crippen LogP contribution >= 0.6 is 0 Å². The summed E-state index contributed by atoms with van der Waals surface area (Å²) in [4.78, 5) is 18.6. The zero-order chi connectivity index (χ0) is 29.1. The van der Waals surface area contributed by atoms with Crippen molar-refractivity contribution >= 4 is 23.6 Å². The van der Waals surface area contributed by atoms with Crippen LogP contribution in [0.4, 0.5) is 11.8 Å². The van der Waals surface area contributed by atoms with E-state index in [9.17, 15) is 0 Å². The summed E-state index contributed by atoms with van der Waals surface area (Å²) in [5, 5.41) is 13.0. The second-order valence-electron chi connectivity index (χ2n) is 11.1. The van der Waals surface area contributed by atoms with E-state index in [4.69, 9.17) is 20.9 Å². The molecule has 1 aliphatic heterocycles. The van der Waals surface area contributed by atoms with E-state index in [1.165, 1.54) is 5.56 Å². The Morgan fingerprint density at radius 3 is 2.74 bits per heavy atom. The predicted octanol–water partition coefficient (Wildman–Crippen LogP) is 2.75. The molecule has 0 radical (unpaired) electrons. The Morgan fingerprint density at radius 2 is 1.93 bits per heavy atom. The van der Waals surface area contributed by atoms with Crippen LogP contribution in [0.15, 0.2) is 53.9 Å². The van der Waals surface area contributed by atoms with Crippen LogP contribution in [0.3, 0.4) is 0 Å². The number of benzene rings is 1. The van der Waals surface area contributed by atoms with Gasteiger partial charge in [0.2, 0.25) is 5.95 Å². The summed E-state index contributed by atoms with van der Waals surface area (Å²) in [6, 6.07) is 10.4. The van der Waals surface area contributed by atoms with Gasteiger partial charge in [0.15, 0.2) is 5.82 Å². The fraction of sp³-hybridized carbons (Fsp3) is 0.387. The van der Waals surface area contributed by atoms with Crippen molar-refractivity contribution in [2.24, 2.45) is 17.8 Å². The number of likely N-dealkylation sites (N-methyl/N-ethyl adjacent to an activating group) is 1. The molecule has 3 N–H and O–H groups in total. The molecule has 6 rings (SSSR count). The molecule has 1 aromatic carbocycles. The molecular weight excluding hydrogens is 526 g/mol. The molecule has 11 heteroatoms. The summed E-state index contributed by atoms with van der Waals surface area (Å²) in [5.41, 5.74) is 14.4. The summed E-state index contributed by atoms with van der Waals surface area (Å²) in [6.07, 6.45) is 9.79. The van der Waals surface area contributed by atoms with Gasteiger partial charge < -0.3 is 16.0 Å². The molecular formula is C31H39N11. The number of anilines is 2. The Hall–Kier alpha value is -4.35. The van der Waals surface area contributed by atoms with Crippen molar-refractivity contribution in [2.45, 2.75) is 25.8 Å². The van der Waals surface area contributed by atoms with E-state index >= 15 is 0 Å². The van der Waals surface area contributed by atoms with Crippen molar-refractivity contribution in [1.82, 2.24) is 39.3 Å². The zero-order valence-electron chi connectivity index (χ0n) is 24.7. The van der Waals surface area contributed by atoms with Crippen LogP contribution in [0, 0.1) is 0 Å². The van der Waals surface area contributed by atoms with Crippen LogP contribution in [0.2, 0.25) is 0 Å². The zero-order valence-corrected chi connectivity index (χ0v) is 24.7. The van der Waals surface area contributed by atoms with E-state index in [1.807, 2.05) is 34.9 Å². The van der Waals surface area contributed by atoms with Crippen LogP contribution in [0.25, 0.3) is 16.8 Å². The fourth-order valence-corrected chi connectivity index (χ4v) is 5.78. The molecule has 2 aliphatic rings. The quantitative estimate of drug-likeness (QED) is 0.298. The summed E-state index contributed by atoms with van der Waals surface area (Å²) in [7, 11) is 5.95. The van der Waals surface area contributed by atoms with Gasteiger partial charge in [-0.3, -0.25) is 19.3 Å². The van der Waals surface area contributed by atoms with Gasteiger partial charge in [-0.25, -0.2) is 9.97 Å². The Bertz CT molecular complexity index is 1600. The molecule has 4 aromatic rings. The highest BCUT2D eigenvalue weighted by atomic mass is 15.3. The van der Waals surface area contributed by atoms with Crippen LogP contribution in [0.1, 0.15) is 28.1 Å². The molecule has 0 atom stereocenters. The minimum absolute atomic E-state index is 0.541. The Kier molecular flexibility index (Phi) is 8.11. The van der Waals surface area contributed by atoms with Crippen molar-refractivity contribution in [3.8, 4) is 11.3 Å². The number of nitrogens with one attached hydrogen (secondary N) is 1. The number of nitrogens with two attached hydrogens (primary N) is 1. The molecule has 218 valence electrons. The van der Waals surface area contributed by atoms with E-state index in [1.54, 1.807) is 19.5 Å². The Morgan fingerprint density at radius 1 is 1.07 bits per heavy atom. The van der Waals surface area contributed by atoms with Gasteiger partial charge in [0.05, 0.1) is 23.6 Å². The number of allylic oxidation sites excluding steroid dienone is 1. The first kappa shape index (κ1) is 27.8. The molecule has 0 spiro atoms. The maximum atomic E-state index is 5.87. The SMILES string of the molecule is CN=C/C(=C\N)c1cccc(Cc2c3c(nn2C)CCc2cnc(Nc4ccn(CCN5CCN(C)CC5)n4)nc2-3)c1. The Balaban J connectivity index is 1.21. The number of hydrogen-bond acceptors (Lipinski definition) is 9. The van der Waals surface area contributed by atoms with E-state index in [0.717, 1.165) is 104 Å². The first-order chi connectivity index (χ1) is 20.5. The van der Waals surface area contributed by atoms with Crippen molar-refractivity contribution in [1.29, 1.82) is 0 Å². The third-order valence-corrected chi connectivity index (χ3v) is 8.17. The van der Waals surface area contributed by atoms with Crippen molar-refractivity contribution in [3.63, 3.8) is 0 Å². The second-order valence-corrected chi connectivity index (χ2v) is 11.1. The molecule has 1 aliphatic carbocycles. The molecule has 4 heterocycles. The molecule has 42 heavy (non-hydrogen) atoms. The van der Waals surface area contributed by atoms with Gasteiger partial charge in [-0.2, -0.15) is 10.2 Å². The molecule has 1 saturated heterocycles. The molecule has 0 unspecified atom stereocenters. The van der Waals surface area contributed by atoms with E-state index in [2.05, 4.69) is 56.4 Å². The largest absolute Gasteiger partial charge is 0.404 e. The van der Waals surface area contributed by atoms with Crippen LogP contribution in [-0.2, 0) is 32.9 Å². The third-order valence-electron chi connectivity index (χ3n) is 8.17. The Labute approximate surface area is 246 Å². The van der Waals surface area contributed by atoms with Crippen LogP contribution < -0.4 is 11.1 Å². The van der Waals surface area contributed by atoms with Gasteiger partial charge in [-0.15, -0.1) is 0 Å². The molecule has 0 saturated carbocycles. The first-order valence-corrected chi connectivity index (χ1v) is 14.6. The van der Waals surface area contributed by atoms with Crippen molar-refractivity contribution in [2.75, 3.05) is 52.1 Å². The maximum Gasteiger partial charge on any atom is 0.228 e. The smallest absolute Gasteiger partial charge is 0.228 e. The van der Waals surface area contributed by atoms with Crippen LogP contribution in [0.5, 0.6) is 0 Å². The molecule has 11 nitrogen and oxygen atoms in total. The predicted molar refractivity (Wildman–Crippen MR) is 167 cm³/mol. The van der Waals surface area contributed by atoms with Gasteiger partial charge >= 0.3 is 0 Å². The number of piperazine rings is 1. The van der Waals surface area contributed by atoms with Gasteiger partial charge in [-0.1, -0.05) is 24.3 Å². The highest BCUT2D eigenvalue weighted by Gasteiger charge is 2.26. The lowest BCUT2D eigenvalue weighted by Crippen LogP contribution is -2.45. The number of rotatable bonds is 9. The minimum Gasteiger partial charge on any atom is -0.404 e. The van der Waals surface area contributed by atoms with Crippen molar-refractivity contribution < 1.29 is 0 Å². The molecule has 0 bridgehead atoms. The monoisotopic (exact) mass is 565 g/mol. The van der Waals surface area contributed by atoms with Gasteiger partial charge in [0.25, 0.3) is 0 Å². The third kappa shape index (κ3) is 5.97. The second kappa shape index (κ2) is 12.3.